The molecule has 0 unspecified atom stereocenters. The van der Waals surface area contributed by atoms with E-state index in [1.165, 1.54) is 20.9 Å². The quantitative estimate of drug-likeness (QED) is 0.669. The Kier molecular flexibility index (Phi) is 2.40. The third kappa shape index (κ3) is 1.82. The lowest BCUT2D eigenvalue weighted by molar-refractivity contribution is 0.584. The third-order valence-electron chi connectivity index (χ3n) is 1.57. The predicted octanol–water partition coefficient (Wildman–Crippen LogP) is 3.51. The zero-order chi connectivity index (χ0) is 8.65. The molecule has 62 valence electrons. The molecule has 1 heterocycles. The summed E-state index contributed by atoms with van der Waals surface area (Å²) in [5.74, 6) is 0. The summed E-state index contributed by atoms with van der Waals surface area (Å²) < 4.78 is 5.45. The summed E-state index contributed by atoms with van der Waals surface area (Å²) >= 11 is 5.03. The fourth-order valence-electron chi connectivity index (χ4n) is 1.18. The summed E-state index contributed by atoms with van der Waals surface area (Å²) in [6.45, 7) is 8.67. The Morgan fingerprint density at radius 1 is 1.36 bits per heavy atom. The summed E-state index contributed by atoms with van der Waals surface area (Å²) in [4.78, 5) is 0. The van der Waals surface area contributed by atoms with Gasteiger partial charge in [-0.15, -0.1) is 0 Å². The van der Waals surface area contributed by atoms with Gasteiger partial charge in [-0.25, -0.2) is 0 Å². The van der Waals surface area contributed by atoms with Crippen LogP contribution in [0.4, 0.5) is 0 Å². The molecule has 0 aliphatic heterocycles. The van der Waals surface area contributed by atoms with Crippen LogP contribution in [0, 0.1) is 6.92 Å². The van der Waals surface area contributed by atoms with Crippen LogP contribution in [0.25, 0.3) is 0 Å². The van der Waals surface area contributed by atoms with Gasteiger partial charge < -0.3 is 0 Å². The molecule has 0 saturated carbocycles. The van der Waals surface area contributed by atoms with E-state index in [4.69, 9.17) is 0 Å². The average molecular weight is 234 g/mol. The Hall–Kier alpha value is 0.110. The normalized spacial score (nSPS) is 12.1. The van der Waals surface area contributed by atoms with E-state index >= 15 is 0 Å². The molecule has 0 spiro atoms. The maximum absolute atomic E-state index is 4.28. The first kappa shape index (κ1) is 9.20. The molecule has 3 heteroatoms. The topological polar surface area (TPSA) is 12.9 Å². The first-order valence-electron chi connectivity index (χ1n) is 3.55. The minimum Gasteiger partial charge on any atom is -0.197 e. The van der Waals surface area contributed by atoms with Gasteiger partial charge >= 0.3 is 0 Å². The molecule has 0 amide bonds. The molecular formula is C8H12BrNS. The molecule has 1 nitrogen and oxygen atoms in total. The van der Waals surface area contributed by atoms with Crippen molar-refractivity contribution >= 4 is 27.5 Å². The molecule has 0 atom stereocenters. The number of aromatic nitrogens is 1. The highest BCUT2D eigenvalue weighted by Gasteiger charge is 2.21. The Labute approximate surface area is 80.1 Å². The largest absolute Gasteiger partial charge is 0.197 e. The summed E-state index contributed by atoms with van der Waals surface area (Å²) in [5.41, 5.74) is 2.69. The van der Waals surface area contributed by atoms with Gasteiger partial charge in [0.25, 0.3) is 0 Å². The summed E-state index contributed by atoms with van der Waals surface area (Å²) in [6, 6.07) is 0. The fourth-order valence-corrected chi connectivity index (χ4v) is 3.13. The van der Waals surface area contributed by atoms with Gasteiger partial charge in [-0.05, 0) is 39.8 Å². The maximum Gasteiger partial charge on any atom is 0.0945 e. The first-order chi connectivity index (χ1) is 4.93. The summed E-state index contributed by atoms with van der Waals surface area (Å²) in [6.07, 6.45) is 0. The zero-order valence-electron chi connectivity index (χ0n) is 7.23. The Morgan fingerprint density at radius 3 is 2.09 bits per heavy atom. The van der Waals surface area contributed by atoms with Gasteiger partial charge in [0, 0.05) is 5.56 Å². The minimum absolute atomic E-state index is 0.204. The van der Waals surface area contributed by atoms with Gasteiger partial charge in [-0.2, -0.15) is 4.37 Å². The highest BCUT2D eigenvalue weighted by molar-refractivity contribution is 9.11. The highest BCUT2D eigenvalue weighted by Crippen LogP contribution is 2.34. The predicted molar refractivity (Wildman–Crippen MR) is 53.3 cm³/mol. The van der Waals surface area contributed by atoms with Gasteiger partial charge in [0.15, 0.2) is 0 Å². The lowest BCUT2D eigenvalue weighted by atomic mass is 9.88. The molecular weight excluding hydrogens is 222 g/mol. The molecule has 1 rings (SSSR count). The number of hydrogen-bond acceptors (Lipinski definition) is 2. The molecule has 0 aliphatic carbocycles. The van der Waals surface area contributed by atoms with Crippen LogP contribution in [0.2, 0.25) is 0 Å². The molecule has 0 aromatic carbocycles. The van der Waals surface area contributed by atoms with E-state index < -0.39 is 0 Å². The van der Waals surface area contributed by atoms with Crippen LogP contribution in [-0.4, -0.2) is 4.37 Å². The fraction of sp³-hybridized carbons (Fsp3) is 0.625. The van der Waals surface area contributed by atoms with Crippen molar-refractivity contribution in [3.8, 4) is 0 Å². The van der Waals surface area contributed by atoms with Crippen molar-refractivity contribution < 1.29 is 0 Å². The number of aryl methyl sites for hydroxylation is 1. The van der Waals surface area contributed by atoms with Crippen LogP contribution in [0.3, 0.4) is 0 Å². The Bertz CT molecular complexity index is 240. The Morgan fingerprint density at radius 2 is 1.91 bits per heavy atom. The van der Waals surface area contributed by atoms with Crippen LogP contribution in [0.5, 0.6) is 0 Å². The van der Waals surface area contributed by atoms with Gasteiger partial charge in [0.1, 0.15) is 0 Å². The van der Waals surface area contributed by atoms with Crippen molar-refractivity contribution in [3.63, 3.8) is 0 Å². The van der Waals surface area contributed by atoms with Gasteiger partial charge in [-0.3, -0.25) is 0 Å². The second-order valence-electron chi connectivity index (χ2n) is 3.67. The third-order valence-corrected chi connectivity index (χ3v) is 3.13. The van der Waals surface area contributed by atoms with E-state index in [1.807, 2.05) is 0 Å². The lowest BCUT2D eigenvalue weighted by Crippen LogP contribution is -2.12. The van der Waals surface area contributed by atoms with E-state index in [1.54, 1.807) is 0 Å². The molecule has 1 aromatic rings. The van der Waals surface area contributed by atoms with Crippen LogP contribution in [0.15, 0.2) is 3.79 Å². The van der Waals surface area contributed by atoms with Crippen molar-refractivity contribution in [2.75, 3.05) is 0 Å². The first-order valence-corrected chi connectivity index (χ1v) is 5.12. The van der Waals surface area contributed by atoms with E-state index in [0.29, 0.717) is 0 Å². The van der Waals surface area contributed by atoms with Crippen LogP contribution >= 0.6 is 27.5 Å². The van der Waals surface area contributed by atoms with E-state index in [9.17, 15) is 0 Å². The molecule has 0 aliphatic rings. The SMILES string of the molecule is Cc1nsc(Br)c1C(C)(C)C. The second-order valence-corrected chi connectivity index (χ2v) is 5.76. The lowest BCUT2D eigenvalue weighted by Gasteiger charge is -2.18. The number of hydrogen-bond donors (Lipinski definition) is 0. The van der Waals surface area contributed by atoms with Crippen molar-refractivity contribution in [1.29, 1.82) is 0 Å². The van der Waals surface area contributed by atoms with Crippen molar-refractivity contribution in [3.05, 3.63) is 15.0 Å². The summed E-state index contributed by atoms with van der Waals surface area (Å²) in [5, 5.41) is 0. The number of nitrogens with zero attached hydrogens (tertiary/aromatic N) is 1. The van der Waals surface area contributed by atoms with E-state index in [-0.39, 0.29) is 5.41 Å². The van der Waals surface area contributed by atoms with Gasteiger partial charge in [0.05, 0.1) is 9.48 Å². The van der Waals surface area contributed by atoms with E-state index in [2.05, 4.69) is 48.0 Å². The summed E-state index contributed by atoms with van der Waals surface area (Å²) in [7, 11) is 0. The monoisotopic (exact) mass is 233 g/mol. The number of rotatable bonds is 0. The molecule has 0 N–H and O–H groups in total. The second kappa shape index (κ2) is 2.87. The molecule has 0 radical (unpaired) electrons. The van der Waals surface area contributed by atoms with Gasteiger partial charge in [-0.1, -0.05) is 20.8 Å². The van der Waals surface area contributed by atoms with Gasteiger partial charge in [0.2, 0.25) is 0 Å². The molecule has 0 saturated heterocycles. The van der Waals surface area contributed by atoms with Crippen LogP contribution < -0.4 is 0 Å². The average Bonchev–Trinajstić information content (AvgIpc) is 2.08. The Balaban J connectivity index is 3.21. The van der Waals surface area contributed by atoms with Crippen molar-refractivity contribution in [2.45, 2.75) is 33.1 Å². The van der Waals surface area contributed by atoms with E-state index in [0.717, 1.165) is 5.69 Å². The molecule has 0 bridgehead atoms. The zero-order valence-corrected chi connectivity index (χ0v) is 9.64. The van der Waals surface area contributed by atoms with Crippen LogP contribution in [0.1, 0.15) is 32.0 Å². The molecule has 11 heavy (non-hydrogen) atoms. The maximum atomic E-state index is 4.28. The minimum atomic E-state index is 0.204. The molecule has 1 aromatic heterocycles. The molecule has 0 fully saturated rings. The van der Waals surface area contributed by atoms with Crippen LogP contribution in [-0.2, 0) is 5.41 Å². The van der Waals surface area contributed by atoms with Crippen molar-refractivity contribution in [2.24, 2.45) is 0 Å². The smallest absolute Gasteiger partial charge is 0.0945 e. The highest BCUT2D eigenvalue weighted by atomic mass is 79.9. The number of halogens is 1. The standard InChI is InChI=1S/C8H12BrNS/c1-5-6(8(2,3)4)7(9)11-10-5/h1-4H3. The van der Waals surface area contributed by atoms with Crippen molar-refractivity contribution in [1.82, 2.24) is 4.37 Å².